The second-order valence-corrected chi connectivity index (χ2v) is 4.56. The van der Waals surface area contributed by atoms with Crippen LogP contribution >= 0.6 is 0 Å². The van der Waals surface area contributed by atoms with Crippen molar-refractivity contribution in [3.05, 3.63) is 15.6 Å². The predicted molar refractivity (Wildman–Crippen MR) is 43.4 cm³/mol. The Balaban J connectivity index is 1.92. The minimum Gasteiger partial charge on any atom is -0.600 e. The molecule has 2 saturated carbocycles. The number of nitrogens with one attached hydrogen (secondary N) is 3. The molecule has 8 heteroatoms. The van der Waals surface area contributed by atoms with E-state index in [0.717, 1.165) is 12.8 Å². The quantitative estimate of drug-likeness (QED) is 0.262. The van der Waals surface area contributed by atoms with Crippen molar-refractivity contribution in [1.82, 2.24) is 0 Å². The molecule has 2 bridgehead atoms. The molecule has 0 amide bonds. The first-order valence-corrected chi connectivity index (χ1v) is 5.09. The lowest BCUT2D eigenvalue weighted by molar-refractivity contribution is -1.28. The van der Waals surface area contributed by atoms with Gasteiger partial charge in [0.25, 0.3) is 0 Å². The van der Waals surface area contributed by atoms with E-state index in [1.807, 2.05) is 0 Å². The molecule has 3 aliphatic rings. The molecule has 0 aromatic carbocycles. The maximum absolute atomic E-state index is 11.4. The zero-order chi connectivity index (χ0) is 10.7. The molecule has 2 aliphatic carbocycles. The van der Waals surface area contributed by atoms with E-state index in [4.69, 9.17) is 5.21 Å². The molecule has 1 heterocycles. The molecule has 7 atom stereocenters. The molecular weight excluding hydrogens is 206 g/mol. The first kappa shape index (κ1) is 9.87. The molecule has 0 radical (unpaired) electrons. The van der Waals surface area contributed by atoms with Crippen LogP contribution in [0.3, 0.4) is 0 Å². The molecule has 0 aromatic rings. The summed E-state index contributed by atoms with van der Waals surface area (Å²) in [5.74, 6) is -0.368. The van der Waals surface area contributed by atoms with Crippen LogP contribution in [-0.2, 0) is 4.94 Å². The summed E-state index contributed by atoms with van der Waals surface area (Å²) < 4.78 is 0. The van der Waals surface area contributed by atoms with Gasteiger partial charge >= 0.3 is 0 Å². The number of fused-ring (bicyclic) bond motifs is 5. The molecule has 8 nitrogen and oxygen atoms in total. The van der Waals surface area contributed by atoms with Gasteiger partial charge < -0.3 is 15.6 Å². The van der Waals surface area contributed by atoms with Crippen LogP contribution in [0.2, 0.25) is 0 Å². The summed E-state index contributed by atoms with van der Waals surface area (Å²) in [6.45, 7) is 0. The number of quaternary nitrogens is 3. The fraction of sp³-hybridized carbons (Fsp3) is 1.00. The molecule has 4 N–H and O–H groups in total. The standard InChI is InChI=1S/C7H13N3O5/c11-8(12)5-3-1-2-4(5)7-6(3)9(13)15-10(7)14/h3-11H,1-2H2. The molecule has 0 aromatic heterocycles. The van der Waals surface area contributed by atoms with E-state index in [1.165, 1.54) is 0 Å². The summed E-state index contributed by atoms with van der Waals surface area (Å²) in [5.41, 5.74) is 0. The van der Waals surface area contributed by atoms with Crippen molar-refractivity contribution in [2.75, 3.05) is 0 Å². The van der Waals surface area contributed by atoms with Crippen LogP contribution in [0.5, 0.6) is 0 Å². The van der Waals surface area contributed by atoms with E-state index in [9.17, 15) is 15.6 Å². The Morgan fingerprint density at radius 3 is 2.00 bits per heavy atom. The smallest absolute Gasteiger partial charge is 0.186 e. The van der Waals surface area contributed by atoms with Gasteiger partial charge in [-0.3, -0.25) is 0 Å². The largest absolute Gasteiger partial charge is 0.600 e. The zero-order valence-corrected chi connectivity index (χ0v) is 7.88. The normalized spacial score (nSPS) is 59.6. The Morgan fingerprint density at radius 1 is 1.13 bits per heavy atom. The third-order valence-corrected chi connectivity index (χ3v) is 4.10. The molecule has 1 saturated heterocycles. The highest BCUT2D eigenvalue weighted by atomic mass is 17.1. The lowest BCUT2D eigenvalue weighted by atomic mass is 9.91. The van der Waals surface area contributed by atoms with Gasteiger partial charge in [-0.05, 0) is 17.8 Å². The summed E-state index contributed by atoms with van der Waals surface area (Å²) in [6.07, 6.45) is 1.45. The van der Waals surface area contributed by atoms with Gasteiger partial charge in [0.15, 0.2) is 12.1 Å². The lowest BCUT2D eigenvalue weighted by Gasteiger charge is -2.26. The first-order chi connectivity index (χ1) is 7.11. The highest BCUT2D eigenvalue weighted by Crippen LogP contribution is 2.42. The van der Waals surface area contributed by atoms with Crippen LogP contribution in [0, 0.1) is 27.5 Å². The monoisotopic (exact) mass is 219 g/mol. The number of hydroxylamine groups is 6. The second-order valence-electron chi connectivity index (χ2n) is 4.56. The van der Waals surface area contributed by atoms with Crippen LogP contribution in [0.25, 0.3) is 0 Å². The van der Waals surface area contributed by atoms with E-state index in [1.54, 1.807) is 0 Å². The van der Waals surface area contributed by atoms with E-state index in [-0.39, 0.29) is 11.8 Å². The number of rotatable bonds is 1. The van der Waals surface area contributed by atoms with Crippen LogP contribution in [0.15, 0.2) is 0 Å². The maximum Gasteiger partial charge on any atom is 0.186 e. The van der Waals surface area contributed by atoms with Crippen molar-refractivity contribution < 1.29 is 25.8 Å². The Morgan fingerprint density at radius 2 is 1.60 bits per heavy atom. The predicted octanol–water partition coefficient (Wildman–Crippen LogP) is -4.47. The van der Waals surface area contributed by atoms with Crippen molar-refractivity contribution in [3.63, 3.8) is 0 Å². The molecular formula is C7H13N3O5. The van der Waals surface area contributed by atoms with Crippen molar-refractivity contribution in [1.29, 1.82) is 0 Å². The van der Waals surface area contributed by atoms with Crippen LogP contribution in [0.1, 0.15) is 12.8 Å². The number of hydrogen-bond donors (Lipinski definition) is 4. The Labute approximate surface area is 85.2 Å². The maximum atomic E-state index is 11.4. The van der Waals surface area contributed by atoms with Gasteiger partial charge in [0.1, 0.15) is 6.04 Å². The summed E-state index contributed by atoms with van der Waals surface area (Å²) in [7, 11) is 0. The third-order valence-electron chi connectivity index (χ3n) is 4.10. The molecule has 7 unspecified atom stereocenters. The molecule has 0 spiro atoms. The van der Waals surface area contributed by atoms with Crippen molar-refractivity contribution >= 4 is 0 Å². The van der Waals surface area contributed by atoms with Gasteiger partial charge in [0.05, 0.1) is 11.8 Å². The number of hydrogen-bond acceptors (Lipinski definition) is 5. The van der Waals surface area contributed by atoms with Gasteiger partial charge in [0, 0.05) is 0 Å². The van der Waals surface area contributed by atoms with E-state index in [2.05, 4.69) is 4.94 Å². The van der Waals surface area contributed by atoms with Crippen LogP contribution < -0.4 is 15.7 Å². The van der Waals surface area contributed by atoms with Crippen molar-refractivity contribution in [3.8, 4) is 0 Å². The Bertz CT molecular complexity index is 255. The van der Waals surface area contributed by atoms with E-state index < -0.39 is 33.8 Å². The highest BCUT2D eigenvalue weighted by Gasteiger charge is 2.69. The van der Waals surface area contributed by atoms with Gasteiger partial charge in [-0.1, -0.05) is 0 Å². The average molecular weight is 219 g/mol. The average Bonchev–Trinajstić information content (AvgIpc) is 2.77. The zero-order valence-electron chi connectivity index (χ0n) is 7.88. The SMILES string of the molecule is [O-][NH+](O)C1C2CCC1C1C2[NH+]([O-])O[NH+]1[O-]. The summed E-state index contributed by atoms with van der Waals surface area (Å²) in [5, 5.41) is 41.0. The van der Waals surface area contributed by atoms with Gasteiger partial charge in [-0.25, -0.2) is 10.4 Å². The third kappa shape index (κ3) is 1.13. The van der Waals surface area contributed by atoms with Gasteiger partial charge in [-0.15, -0.1) is 0 Å². The highest BCUT2D eigenvalue weighted by molar-refractivity contribution is 5.03. The van der Waals surface area contributed by atoms with Crippen LogP contribution in [0.4, 0.5) is 0 Å². The van der Waals surface area contributed by atoms with Crippen molar-refractivity contribution in [2.24, 2.45) is 11.8 Å². The second kappa shape index (κ2) is 3.09. The summed E-state index contributed by atoms with van der Waals surface area (Å²) in [6, 6.07) is -1.47. The summed E-state index contributed by atoms with van der Waals surface area (Å²) >= 11 is 0. The fourth-order valence-corrected chi connectivity index (χ4v) is 3.64. The summed E-state index contributed by atoms with van der Waals surface area (Å²) in [4.78, 5) is 4.57. The fourth-order valence-electron chi connectivity index (χ4n) is 3.64. The van der Waals surface area contributed by atoms with E-state index >= 15 is 0 Å². The van der Waals surface area contributed by atoms with Crippen LogP contribution in [-0.4, -0.2) is 23.3 Å². The lowest BCUT2D eigenvalue weighted by Crippen LogP contribution is -3.20. The molecule has 3 fully saturated rings. The van der Waals surface area contributed by atoms with Crippen molar-refractivity contribution in [2.45, 2.75) is 31.0 Å². The van der Waals surface area contributed by atoms with Gasteiger partial charge in [-0.2, -0.15) is 10.5 Å². The Hall–Kier alpha value is -0.320. The van der Waals surface area contributed by atoms with E-state index in [0.29, 0.717) is 0 Å². The topological polar surface area (TPSA) is 112 Å². The minimum atomic E-state index is -0.877. The molecule has 3 rings (SSSR count). The molecule has 86 valence electrons. The first-order valence-electron chi connectivity index (χ1n) is 5.09. The molecule has 15 heavy (non-hydrogen) atoms. The van der Waals surface area contributed by atoms with Gasteiger partial charge in [0.2, 0.25) is 0 Å². The Kier molecular flexibility index (Phi) is 2.03. The molecule has 1 aliphatic heterocycles. The minimum absolute atomic E-state index is 0.184.